The van der Waals surface area contributed by atoms with Crippen molar-refractivity contribution in [2.45, 2.75) is 19.9 Å². The number of nitrogens with zero attached hydrogens (tertiary/aromatic N) is 1. The van der Waals surface area contributed by atoms with Crippen LogP contribution in [-0.4, -0.2) is 30.0 Å². The summed E-state index contributed by atoms with van der Waals surface area (Å²) in [5, 5.41) is 12.8. The molecule has 1 saturated heterocycles. The van der Waals surface area contributed by atoms with Crippen molar-refractivity contribution in [2.24, 2.45) is 11.7 Å². The van der Waals surface area contributed by atoms with Crippen LogP contribution >= 0.6 is 0 Å². The molecule has 0 aliphatic carbocycles. The molecule has 70 valence electrons. The first kappa shape index (κ1) is 9.44. The van der Waals surface area contributed by atoms with Crippen LogP contribution in [0.2, 0.25) is 0 Å². The van der Waals surface area contributed by atoms with E-state index >= 15 is 0 Å². The lowest BCUT2D eigenvalue weighted by Crippen LogP contribution is -3.12. The zero-order valence-electron chi connectivity index (χ0n) is 7.41. The molecular formula is C7H15N3O2. The van der Waals surface area contributed by atoms with Crippen molar-refractivity contribution in [2.75, 3.05) is 13.1 Å². The lowest BCUT2D eigenvalue weighted by molar-refractivity contribution is -0.959. The quantitative estimate of drug-likeness (QED) is 0.479. The van der Waals surface area contributed by atoms with Crippen molar-refractivity contribution in [3.05, 3.63) is 5.21 Å². The Morgan fingerprint density at radius 1 is 1.83 bits per heavy atom. The maximum atomic E-state index is 11.2. The van der Waals surface area contributed by atoms with Gasteiger partial charge in [-0.05, 0) is 6.92 Å². The molecule has 0 radical (unpaired) electrons. The van der Waals surface area contributed by atoms with Crippen LogP contribution in [0.4, 0.5) is 0 Å². The monoisotopic (exact) mass is 173 g/mol. The van der Waals surface area contributed by atoms with Gasteiger partial charge < -0.3 is 10.9 Å². The Labute approximate surface area is 71.7 Å². The van der Waals surface area contributed by atoms with Gasteiger partial charge in [-0.25, -0.2) is 0 Å². The van der Waals surface area contributed by atoms with E-state index < -0.39 is 11.9 Å². The molecule has 0 saturated carbocycles. The van der Waals surface area contributed by atoms with Crippen molar-refractivity contribution in [3.8, 4) is 0 Å². The fourth-order valence-corrected chi connectivity index (χ4v) is 1.45. The lowest BCUT2D eigenvalue weighted by Gasteiger charge is -2.29. The zero-order chi connectivity index (χ0) is 9.30. The van der Waals surface area contributed by atoms with Crippen LogP contribution in [0.5, 0.6) is 0 Å². The third-order valence-corrected chi connectivity index (χ3v) is 2.23. The number of hydrogen-bond donors (Lipinski definition) is 2. The minimum atomic E-state index is -0.456. The molecular weight excluding hydrogens is 158 g/mol. The molecule has 0 aromatic rings. The molecule has 0 bridgehead atoms. The van der Waals surface area contributed by atoms with Crippen LogP contribution in [0, 0.1) is 11.1 Å². The van der Waals surface area contributed by atoms with Gasteiger partial charge in [-0.15, -0.1) is 5.01 Å². The Morgan fingerprint density at radius 3 is 2.75 bits per heavy atom. The molecule has 1 heterocycles. The summed E-state index contributed by atoms with van der Waals surface area (Å²) in [5.41, 5.74) is 5.09. The van der Waals surface area contributed by atoms with Crippen LogP contribution in [-0.2, 0) is 4.79 Å². The minimum Gasteiger partial charge on any atom is -0.613 e. The van der Waals surface area contributed by atoms with Crippen LogP contribution in [0.25, 0.3) is 0 Å². The molecule has 1 amide bonds. The minimum absolute atomic E-state index is 0.0359. The number of nitrogens with two attached hydrogens (primary N) is 1. The van der Waals surface area contributed by atoms with Gasteiger partial charge in [-0.3, -0.25) is 9.97 Å². The molecule has 1 fully saturated rings. The summed E-state index contributed by atoms with van der Waals surface area (Å²) in [5.74, 6) is -0.0863. The molecule has 5 heteroatoms. The van der Waals surface area contributed by atoms with E-state index in [4.69, 9.17) is 5.73 Å². The first-order valence-electron chi connectivity index (χ1n) is 4.11. The van der Waals surface area contributed by atoms with Crippen molar-refractivity contribution in [3.63, 3.8) is 0 Å². The van der Waals surface area contributed by atoms with E-state index in [1.165, 1.54) is 0 Å². The van der Waals surface area contributed by atoms with E-state index in [9.17, 15) is 10.0 Å². The van der Waals surface area contributed by atoms with E-state index in [2.05, 4.69) is 0 Å². The lowest BCUT2D eigenvalue weighted by atomic mass is 10.2. The molecule has 0 aromatic heterocycles. The smallest absolute Gasteiger partial charge is 0.239 e. The van der Waals surface area contributed by atoms with Gasteiger partial charge in [-0.2, -0.15) is 0 Å². The predicted octanol–water partition coefficient (Wildman–Crippen LogP) is -1.89. The average Bonchev–Trinajstić information content (AvgIpc) is 2.28. The number of hydroxylamine groups is 1. The second-order valence-electron chi connectivity index (χ2n) is 3.43. The molecule has 3 N–H and O–H groups in total. The molecule has 5 nitrogen and oxygen atoms in total. The number of primary amides is 1. The Kier molecular flexibility index (Phi) is 2.66. The largest absolute Gasteiger partial charge is 0.613 e. The third kappa shape index (κ3) is 1.74. The Morgan fingerprint density at radius 2 is 2.42 bits per heavy atom. The first-order chi connectivity index (χ1) is 5.52. The molecule has 1 aliphatic heterocycles. The molecule has 0 spiro atoms. The van der Waals surface area contributed by atoms with Crippen LogP contribution < -0.4 is 10.9 Å². The maximum absolute atomic E-state index is 11.2. The number of rotatable bonds is 2. The molecule has 12 heavy (non-hydrogen) atoms. The molecule has 3 unspecified atom stereocenters. The molecule has 1 rings (SSSR count). The number of amides is 1. The number of carbonyl (C=O) groups is 1. The molecule has 0 aromatic carbocycles. The summed E-state index contributed by atoms with van der Waals surface area (Å²) < 4.78 is 0. The highest BCUT2D eigenvalue weighted by Gasteiger charge is 2.32. The van der Waals surface area contributed by atoms with Crippen LogP contribution in [0.3, 0.4) is 0 Å². The van der Waals surface area contributed by atoms with E-state index in [1.54, 1.807) is 11.9 Å². The SMILES string of the molecule is CC1CN(C(C)C(N)=O)[NH+]([O-])C1. The Balaban J connectivity index is 2.57. The second kappa shape index (κ2) is 3.38. The topological polar surface area (TPSA) is 73.8 Å². The first-order valence-corrected chi connectivity index (χ1v) is 4.11. The molecule has 1 aliphatic rings. The van der Waals surface area contributed by atoms with E-state index in [-0.39, 0.29) is 5.17 Å². The van der Waals surface area contributed by atoms with Gasteiger partial charge >= 0.3 is 0 Å². The summed E-state index contributed by atoms with van der Waals surface area (Å²) in [6.07, 6.45) is 0. The third-order valence-electron chi connectivity index (χ3n) is 2.23. The fourth-order valence-electron chi connectivity index (χ4n) is 1.45. The summed E-state index contributed by atoms with van der Waals surface area (Å²) in [6, 6.07) is -0.456. The second-order valence-corrected chi connectivity index (χ2v) is 3.43. The fraction of sp³-hybridized carbons (Fsp3) is 0.857. The summed E-state index contributed by atoms with van der Waals surface area (Å²) >= 11 is 0. The van der Waals surface area contributed by atoms with Crippen molar-refractivity contribution in [1.29, 1.82) is 0 Å². The van der Waals surface area contributed by atoms with E-state index in [0.29, 0.717) is 19.0 Å². The van der Waals surface area contributed by atoms with Crippen molar-refractivity contribution < 1.29 is 9.97 Å². The van der Waals surface area contributed by atoms with Crippen molar-refractivity contribution in [1.82, 2.24) is 5.01 Å². The number of hydrogen-bond acceptors (Lipinski definition) is 3. The molecule has 3 atom stereocenters. The van der Waals surface area contributed by atoms with Crippen molar-refractivity contribution >= 4 is 5.91 Å². The number of quaternary nitrogens is 1. The highest BCUT2D eigenvalue weighted by atomic mass is 16.6. The highest BCUT2D eigenvalue weighted by Crippen LogP contribution is 2.03. The van der Waals surface area contributed by atoms with Gasteiger partial charge in [0.2, 0.25) is 5.91 Å². The maximum Gasteiger partial charge on any atom is 0.239 e. The van der Waals surface area contributed by atoms with Gasteiger partial charge in [0.15, 0.2) is 0 Å². The van der Waals surface area contributed by atoms with Crippen LogP contribution in [0.1, 0.15) is 13.8 Å². The average molecular weight is 173 g/mol. The number of carbonyl (C=O) groups excluding carboxylic acids is 1. The van der Waals surface area contributed by atoms with Gasteiger partial charge in [0, 0.05) is 5.92 Å². The van der Waals surface area contributed by atoms with Gasteiger partial charge in [0.05, 0.1) is 13.1 Å². The Hall–Kier alpha value is -0.650. The summed E-state index contributed by atoms with van der Waals surface area (Å²) in [6.45, 7) is 4.85. The number of nitrogens with one attached hydrogen (secondary N) is 1. The Bertz CT molecular complexity index is 185. The van der Waals surface area contributed by atoms with Gasteiger partial charge in [0.1, 0.15) is 6.04 Å². The summed E-state index contributed by atoms with van der Waals surface area (Å²) in [4.78, 5) is 10.8. The van der Waals surface area contributed by atoms with E-state index in [0.717, 1.165) is 0 Å². The predicted molar refractivity (Wildman–Crippen MR) is 43.7 cm³/mol. The van der Waals surface area contributed by atoms with Gasteiger partial charge in [0.25, 0.3) is 0 Å². The zero-order valence-corrected chi connectivity index (χ0v) is 7.41. The van der Waals surface area contributed by atoms with Crippen LogP contribution in [0.15, 0.2) is 0 Å². The summed E-state index contributed by atoms with van der Waals surface area (Å²) in [7, 11) is 0. The highest BCUT2D eigenvalue weighted by molar-refractivity contribution is 5.79. The standard InChI is InChI=1S/C7H15N3O2/c1-5-3-9(10(12)4-5)6(2)7(8)11/h5-6,10H,3-4H2,1-2H3,(H2,8,11). The van der Waals surface area contributed by atoms with Gasteiger partial charge in [-0.1, -0.05) is 6.92 Å². The normalized spacial score (nSPS) is 33.6. The van der Waals surface area contributed by atoms with E-state index in [1.807, 2.05) is 6.92 Å².